The van der Waals surface area contributed by atoms with E-state index in [1.165, 1.54) is 6.92 Å². The molecule has 0 aliphatic rings. The van der Waals surface area contributed by atoms with Crippen molar-refractivity contribution in [2.75, 3.05) is 0 Å². The molecule has 0 aromatic rings. The fourth-order valence-corrected chi connectivity index (χ4v) is 0.662. The molecule has 6 nitrogen and oxygen atoms in total. The average Bonchev–Trinajstić information content (AvgIpc) is 1.84. The van der Waals surface area contributed by atoms with E-state index in [9.17, 15) is 9.59 Å². The molecule has 0 amide bonds. The summed E-state index contributed by atoms with van der Waals surface area (Å²) in [5.74, 6) is -2.47. The Bertz CT molecular complexity index is 181. The van der Waals surface area contributed by atoms with Crippen LogP contribution in [0.25, 0.3) is 0 Å². The summed E-state index contributed by atoms with van der Waals surface area (Å²) in [7, 11) is 0. The molecule has 0 bridgehead atoms. The summed E-state index contributed by atoms with van der Waals surface area (Å²) < 4.78 is 0. The van der Waals surface area contributed by atoms with E-state index in [1.54, 1.807) is 0 Å². The summed E-state index contributed by atoms with van der Waals surface area (Å²) >= 11 is 0. The third kappa shape index (κ3) is 4.64. The van der Waals surface area contributed by atoms with Gasteiger partial charge in [-0.2, -0.15) is 0 Å². The van der Waals surface area contributed by atoms with Crippen molar-refractivity contribution in [2.45, 2.75) is 25.6 Å². The normalized spacial score (nSPS) is 15.2. The quantitative estimate of drug-likeness (QED) is 0.395. The first kappa shape index (κ1) is 10.9. The van der Waals surface area contributed by atoms with Gasteiger partial charge in [-0.15, -0.1) is 0 Å². The van der Waals surface area contributed by atoms with E-state index in [1.807, 2.05) is 0 Å². The lowest BCUT2D eigenvalue weighted by atomic mass is 10.2. The molecule has 0 saturated carbocycles. The van der Waals surface area contributed by atoms with E-state index < -0.39 is 24.2 Å². The molecule has 2 atom stereocenters. The fourth-order valence-electron chi connectivity index (χ4n) is 0.662. The van der Waals surface area contributed by atoms with Crippen molar-refractivity contribution < 1.29 is 24.9 Å². The van der Waals surface area contributed by atoms with Crippen LogP contribution < -0.4 is 5.32 Å². The summed E-state index contributed by atoms with van der Waals surface area (Å²) in [6, 6.07) is -0.575. The van der Waals surface area contributed by atoms with Gasteiger partial charge in [-0.25, -0.2) is 4.79 Å². The molecule has 0 aromatic heterocycles. The first-order chi connectivity index (χ1) is 5.43. The van der Waals surface area contributed by atoms with Gasteiger partial charge in [0.2, 0.25) is 6.23 Å². The first-order valence-corrected chi connectivity index (χ1v) is 3.32. The third-order valence-corrected chi connectivity index (χ3v) is 1.16. The average molecular weight is 177 g/mol. The predicted octanol–water partition coefficient (Wildman–Crippen LogP) is -1.16. The highest BCUT2D eigenvalue weighted by molar-refractivity contribution is 5.71. The van der Waals surface area contributed by atoms with Crippen molar-refractivity contribution in [3.05, 3.63) is 0 Å². The zero-order valence-electron chi connectivity index (χ0n) is 6.52. The number of aliphatic carboxylic acids is 2. The highest BCUT2D eigenvalue weighted by Gasteiger charge is 2.16. The molecule has 0 saturated heterocycles. The topological polar surface area (TPSA) is 107 Å². The summed E-state index contributed by atoms with van der Waals surface area (Å²) in [6.45, 7) is 1.47. The second-order valence-corrected chi connectivity index (χ2v) is 2.41. The Morgan fingerprint density at radius 3 is 2.25 bits per heavy atom. The molecule has 6 heteroatoms. The Morgan fingerprint density at radius 1 is 1.42 bits per heavy atom. The lowest BCUT2D eigenvalue weighted by Gasteiger charge is -2.13. The van der Waals surface area contributed by atoms with Gasteiger partial charge in [0.25, 0.3) is 0 Å². The van der Waals surface area contributed by atoms with Crippen LogP contribution in [0.3, 0.4) is 0 Å². The van der Waals surface area contributed by atoms with Crippen LogP contribution in [-0.4, -0.2) is 39.5 Å². The van der Waals surface area contributed by atoms with Crippen molar-refractivity contribution in [2.24, 2.45) is 0 Å². The van der Waals surface area contributed by atoms with E-state index in [-0.39, 0.29) is 6.42 Å². The predicted molar refractivity (Wildman–Crippen MR) is 38.5 cm³/mol. The van der Waals surface area contributed by atoms with Gasteiger partial charge in [0.05, 0.1) is 6.42 Å². The van der Waals surface area contributed by atoms with Crippen LogP contribution in [0, 0.1) is 0 Å². The molecule has 0 heterocycles. The number of aliphatic hydroxyl groups is 1. The van der Waals surface area contributed by atoms with E-state index in [4.69, 9.17) is 15.3 Å². The molecule has 0 rings (SSSR count). The molecule has 4 N–H and O–H groups in total. The molecule has 12 heavy (non-hydrogen) atoms. The molecule has 0 aromatic carbocycles. The van der Waals surface area contributed by atoms with Gasteiger partial charge in [-0.05, 0) is 6.92 Å². The molecular weight excluding hydrogens is 166 g/mol. The lowest BCUT2D eigenvalue weighted by Crippen LogP contribution is -2.42. The molecule has 0 aliphatic carbocycles. The molecule has 0 fully saturated rings. The van der Waals surface area contributed by atoms with E-state index in [2.05, 4.69) is 5.32 Å². The monoisotopic (exact) mass is 177 g/mol. The largest absolute Gasteiger partial charge is 0.481 e. The zero-order chi connectivity index (χ0) is 9.72. The maximum atomic E-state index is 10.1. The minimum Gasteiger partial charge on any atom is -0.481 e. The Hall–Kier alpha value is -1.14. The number of carbonyl (C=O) groups is 2. The molecule has 0 unspecified atom stereocenters. The number of carboxylic acids is 2. The van der Waals surface area contributed by atoms with Crippen molar-refractivity contribution in [3.8, 4) is 0 Å². The Morgan fingerprint density at radius 2 is 1.92 bits per heavy atom. The van der Waals surface area contributed by atoms with Crippen LogP contribution in [0.5, 0.6) is 0 Å². The molecular formula is C6H11NO5. The Kier molecular flexibility index (Phi) is 4.24. The zero-order valence-corrected chi connectivity index (χ0v) is 6.52. The Balaban J connectivity index is 3.76. The van der Waals surface area contributed by atoms with Crippen LogP contribution in [0.2, 0.25) is 0 Å². The second kappa shape index (κ2) is 4.68. The second-order valence-electron chi connectivity index (χ2n) is 2.41. The first-order valence-electron chi connectivity index (χ1n) is 3.32. The number of rotatable bonds is 5. The van der Waals surface area contributed by atoms with Gasteiger partial charge in [0.1, 0.15) is 0 Å². The maximum Gasteiger partial charge on any atom is 0.347 e. The maximum absolute atomic E-state index is 10.1. The van der Waals surface area contributed by atoms with E-state index >= 15 is 0 Å². The number of aliphatic hydroxyl groups excluding tert-OH is 1. The van der Waals surface area contributed by atoms with Crippen molar-refractivity contribution >= 4 is 11.9 Å². The van der Waals surface area contributed by atoms with Crippen LogP contribution in [0.15, 0.2) is 0 Å². The van der Waals surface area contributed by atoms with Crippen molar-refractivity contribution in [1.29, 1.82) is 0 Å². The number of nitrogens with one attached hydrogen (secondary N) is 1. The van der Waals surface area contributed by atoms with Gasteiger partial charge >= 0.3 is 11.9 Å². The molecule has 70 valence electrons. The summed E-state index contributed by atoms with van der Waals surface area (Å²) in [6.07, 6.45) is -1.94. The highest BCUT2D eigenvalue weighted by atomic mass is 16.4. The SMILES string of the molecule is C[C@H](CC(=O)O)N[C@H](O)C(=O)O. The Labute approximate surface area is 68.8 Å². The minimum absolute atomic E-state index is 0.232. The molecule has 0 aliphatic heterocycles. The minimum atomic E-state index is -1.71. The van der Waals surface area contributed by atoms with Crippen molar-refractivity contribution in [1.82, 2.24) is 5.32 Å². The summed E-state index contributed by atoms with van der Waals surface area (Å²) in [5.41, 5.74) is 0. The summed E-state index contributed by atoms with van der Waals surface area (Å²) in [5, 5.41) is 27.4. The third-order valence-electron chi connectivity index (χ3n) is 1.16. The van der Waals surface area contributed by atoms with Crippen LogP contribution >= 0.6 is 0 Å². The van der Waals surface area contributed by atoms with Crippen LogP contribution in [0.1, 0.15) is 13.3 Å². The summed E-state index contributed by atoms with van der Waals surface area (Å²) in [4.78, 5) is 20.2. The number of carboxylic acid groups (broad SMARTS) is 2. The van der Waals surface area contributed by atoms with Crippen molar-refractivity contribution in [3.63, 3.8) is 0 Å². The number of hydrogen-bond acceptors (Lipinski definition) is 4. The molecule has 0 spiro atoms. The highest BCUT2D eigenvalue weighted by Crippen LogP contribution is 1.91. The smallest absolute Gasteiger partial charge is 0.347 e. The van der Waals surface area contributed by atoms with Gasteiger partial charge in [0, 0.05) is 6.04 Å². The van der Waals surface area contributed by atoms with Gasteiger partial charge in [0.15, 0.2) is 0 Å². The van der Waals surface area contributed by atoms with Gasteiger partial charge in [-0.3, -0.25) is 10.1 Å². The van der Waals surface area contributed by atoms with Gasteiger partial charge in [-0.1, -0.05) is 0 Å². The van der Waals surface area contributed by atoms with E-state index in [0.29, 0.717) is 0 Å². The van der Waals surface area contributed by atoms with E-state index in [0.717, 1.165) is 0 Å². The fraction of sp³-hybridized carbons (Fsp3) is 0.667. The standard InChI is InChI=1S/C6H11NO5/c1-3(2-4(8)9)7-5(10)6(11)12/h3,5,7,10H,2H2,1H3,(H,8,9)(H,11,12)/t3-,5-/m1/s1. The number of hydrogen-bond donors (Lipinski definition) is 4. The van der Waals surface area contributed by atoms with Crippen LogP contribution in [0.4, 0.5) is 0 Å². The van der Waals surface area contributed by atoms with Gasteiger partial charge < -0.3 is 15.3 Å². The van der Waals surface area contributed by atoms with Crippen LogP contribution in [-0.2, 0) is 9.59 Å². The molecule has 0 radical (unpaired) electrons. The lowest BCUT2D eigenvalue weighted by molar-refractivity contribution is -0.149.